The van der Waals surface area contributed by atoms with E-state index in [1.54, 1.807) is 7.11 Å². The normalized spacial score (nSPS) is 10.9. The fourth-order valence-electron chi connectivity index (χ4n) is 2.01. The topological polar surface area (TPSA) is 47.0 Å². The molecular weight excluding hydrogens is 365 g/mol. The minimum absolute atomic E-state index is 0.182. The Bertz CT molecular complexity index is 838. The van der Waals surface area contributed by atoms with Crippen molar-refractivity contribution in [3.63, 3.8) is 0 Å². The second-order valence-corrected chi connectivity index (χ2v) is 6.84. The van der Waals surface area contributed by atoms with E-state index >= 15 is 0 Å². The summed E-state index contributed by atoms with van der Waals surface area (Å²) in [5.41, 5.74) is 0.995. The molecule has 0 saturated carbocycles. The molecule has 0 aliphatic carbocycles. The van der Waals surface area contributed by atoms with E-state index in [4.69, 9.17) is 39.5 Å². The summed E-state index contributed by atoms with van der Waals surface area (Å²) in [6, 6.07) is 7.41. The number of methoxy groups -OCH3 is 1. The van der Waals surface area contributed by atoms with Crippen LogP contribution in [0.15, 0.2) is 24.3 Å². The number of hydrogen-bond acceptors (Lipinski definition) is 5. The molecular formula is C14H10Cl3N3OS. The molecule has 0 bridgehead atoms. The zero-order valence-corrected chi connectivity index (χ0v) is 14.4. The van der Waals surface area contributed by atoms with Crippen molar-refractivity contribution >= 4 is 62.2 Å². The Balaban J connectivity index is 1.86. The molecule has 0 saturated heterocycles. The zero-order valence-electron chi connectivity index (χ0n) is 11.4. The number of rotatable bonds is 4. The Labute approximate surface area is 146 Å². The molecule has 3 rings (SSSR count). The molecule has 2 heterocycles. The Kier molecular flexibility index (Phi) is 4.59. The van der Waals surface area contributed by atoms with Gasteiger partial charge in [0.1, 0.15) is 16.4 Å². The Hall–Kier alpha value is -1.27. The van der Waals surface area contributed by atoms with Crippen LogP contribution in [0.25, 0.3) is 10.2 Å². The maximum atomic E-state index is 6.12. The number of nitrogens with zero attached hydrogens (tertiary/aromatic N) is 2. The van der Waals surface area contributed by atoms with E-state index in [1.165, 1.54) is 11.3 Å². The van der Waals surface area contributed by atoms with Crippen LogP contribution in [0.4, 0.5) is 5.82 Å². The lowest BCUT2D eigenvalue weighted by Crippen LogP contribution is -2.02. The Morgan fingerprint density at radius 2 is 2.00 bits per heavy atom. The molecule has 0 spiro atoms. The first-order valence-electron chi connectivity index (χ1n) is 6.25. The second kappa shape index (κ2) is 6.46. The van der Waals surface area contributed by atoms with Crippen LogP contribution in [0.2, 0.25) is 14.6 Å². The quantitative estimate of drug-likeness (QED) is 0.632. The molecule has 0 fully saturated rings. The maximum Gasteiger partial charge on any atom is 0.225 e. The van der Waals surface area contributed by atoms with Gasteiger partial charge in [-0.1, -0.05) is 29.3 Å². The summed E-state index contributed by atoms with van der Waals surface area (Å²) in [6.07, 6.45) is 0. The van der Waals surface area contributed by atoms with Crippen molar-refractivity contribution in [3.05, 3.63) is 44.5 Å². The molecule has 0 unspecified atom stereocenters. The fraction of sp³-hybridized carbons (Fsp3) is 0.143. The van der Waals surface area contributed by atoms with Crippen molar-refractivity contribution in [2.24, 2.45) is 0 Å². The minimum atomic E-state index is 0.182. The minimum Gasteiger partial charge on any atom is -0.495 e. The van der Waals surface area contributed by atoms with E-state index in [2.05, 4.69) is 15.3 Å². The number of thiophene rings is 1. The lowest BCUT2D eigenvalue weighted by molar-refractivity contribution is 0.415. The van der Waals surface area contributed by atoms with Crippen LogP contribution in [-0.2, 0) is 6.54 Å². The van der Waals surface area contributed by atoms with Crippen LogP contribution < -0.4 is 10.1 Å². The number of anilines is 1. The van der Waals surface area contributed by atoms with Crippen LogP contribution in [0.5, 0.6) is 5.75 Å². The summed E-state index contributed by atoms with van der Waals surface area (Å²) in [6.45, 7) is 0.541. The second-order valence-electron chi connectivity index (χ2n) is 4.43. The van der Waals surface area contributed by atoms with Crippen molar-refractivity contribution in [1.29, 1.82) is 0 Å². The molecule has 8 heteroatoms. The number of aromatic nitrogens is 2. The van der Waals surface area contributed by atoms with Gasteiger partial charge in [0.2, 0.25) is 5.28 Å². The van der Waals surface area contributed by atoms with Gasteiger partial charge in [0.05, 0.1) is 21.9 Å². The first kappa shape index (κ1) is 15.6. The van der Waals surface area contributed by atoms with Crippen molar-refractivity contribution < 1.29 is 4.74 Å². The van der Waals surface area contributed by atoms with Crippen molar-refractivity contribution in [2.45, 2.75) is 6.54 Å². The number of nitrogens with one attached hydrogen (secondary N) is 1. The predicted molar refractivity (Wildman–Crippen MR) is 92.8 cm³/mol. The van der Waals surface area contributed by atoms with Crippen LogP contribution in [0.1, 0.15) is 5.56 Å². The highest BCUT2D eigenvalue weighted by atomic mass is 35.5. The summed E-state index contributed by atoms with van der Waals surface area (Å²) < 4.78 is 5.78. The first-order valence-corrected chi connectivity index (χ1v) is 8.20. The third-order valence-electron chi connectivity index (χ3n) is 3.01. The van der Waals surface area contributed by atoms with Gasteiger partial charge in [-0.2, -0.15) is 0 Å². The van der Waals surface area contributed by atoms with E-state index in [1.807, 2.05) is 24.3 Å². The molecule has 0 aliphatic rings. The highest BCUT2D eigenvalue weighted by Gasteiger charge is 2.10. The predicted octanol–water partition coefficient (Wildman–Crippen LogP) is 5.27. The zero-order chi connectivity index (χ0) is 15.7. The average molecular weight is 375 g/mol. The molecule has 0 amide bonds. The Morgan fingerprint density at radius 1 is 1.18 bits per heavy atom. The molecule has 1 N–H and O–H groups in total. The standard InChI is InChI=1S/C14H10Cl3N3OS/c1-21-10-3-2-7(4-9(10)15)6-18-12-8-5-11(16)22-13(8)20-14(17)19-12/h2-5H,6H2,1H3,(H,18,19,20). The van der Waals surface area contributed by atoms with Crippen LogP contribution in [0.3, 0.4) is 0 Å². The SMILES string of the molecule is COc1ccc(CNc2nc(Cl)nc3sc(Cl)cc23)cc1Cl. The summed E-state index contributed by atoms with van der Waals surface area (Å²) in [7, 11) is 1.58. The summed E-state index contributed by atoms with van der Waals surface area (Å²) >= 11 is 19.5. The van der Waals surface area contributed by atoms with E-state index in [0.717, 1.165) is 15.8 Å². The van der Waals surface area contributed by atoms with Crippen molar-refractivity contribution in [1.82, 2.24) is 9.97 Å². The molecule has 0 radical (unpaired) electrons. The summed E-state index contributed by atoms with van der Waals surface area (Å²) in [4.78, 5) is 9.13. The van der Waals surface area contributed by atoms with Gasteiger partial charge < -0.3 is 10.1 Å². The van der Waals surface area contributed by atoms with E-state index < -0.39 is 0 Å². The van der Waals surface area contributed by atoms with Gasteiger partial charge in [-0.3, -0.25) is 0 Å². The number of ether oxygens (including phenoxy) is 1. The van der Waals surface area contributed by atoms with Crippen LogP contribution in [-0.4, -0.2) is 17.1 Å². The van der Waals surface area contributed by atoms with Crippen molar-refractivity contribution in [2.75, 3.05) is 12.4 Å². The third-order valence-corrected chi connectivity index (χ3v) is 4.63. The molecule has 114 valence electrons. The highest BCUT2D eigenvalue weighted by molar-refractivity contribution is 7.22. The molecule has 2 aromatic heterocycles. The van der Waals surface area contributed by atoms with E-state index in [-0.39, 0.29) is 5.28 Å². The van der Waals surface area contributed by atoms with Gasteiger partial charge >= 0.3 is 0 Å². The van der Waals surface area contributed by atoms with E-state index in [9.17, 15) is 0 Å². The average Bonchev–Trinajstić information content (AvgIpc) is 2.85. The number of benzene rings is 1. The molecule has 3 aromatic rings. The first-order chi connectivity index (χ1) is 10.6. The fourth-order valence-corrected chi connectivity index (χ4v) is 3.59. The number of halogens is 3. The lowest BCUT2D eigenvalue weighted by Gasteiger charge is -2.09. The molecule has 0 aliphatic heterocycles. The molecule has 4 nitrogen and oxygen atoms in total. The lowest BCUT2D eigenvalue weighted by atomic mass is 10.2. The summed E-state index contributed by atoms with van der Waals surface area (Å²) in [5, 5.41) is 4.83. The smallest absolute Gasteiger partial charge is 0.225 e. The summed E-state index contributed by atoms with van der Waals surface area (Å²) in [5.74, 6) is 1.28. The van der Waals surface area contributed by atoms with Crippen LogP contribution >= 0.6 is 46.1 Å². The van der Waals surface area contributed by atoms with Gasteiger partial charge in [0, 0.05) is 6.54 Å². The molecule has 1 aromatic carbocycles. The molecule has 0 atom stereocenters. The monoisotopic (exact) mass is 373 g/mol. The molecule has 22 heavy (non-hydrogen) atoms. The largest absolute Gasteiger partial charge is 0.495 e. The highest BCUT2D eigenvalue weighted by Crippen LogP contribution is 2.33. The van der Waals surface area contributed by atoms with Gasteiger partial charge in [0.25, 0.3) is 0 Å². The van der Waals surface area contributed by atoms with Gasteiger partial charge in [0.15, 0.2) is 0 Å². The van der Waals surface area contributed by atoms with E-state index in [0.29, 0.717) is 27.5 Å². The van der Waals surface area contributed by atoms with Gasteiger partial charge in [-0.25, -0.2) is 9.97 Å². The van der Waals surface area contributed by atoms with Crippen molar-refractivity contribution in [3.8, 4) is 5.75 Å². The maximum absolute atomic E-state index is 6.12. The third kappa shape index (κ3) is 3.22. The Morgan fingerprint density at radius 3 is 2.73 bits per heavy atom. The number of fused-ring (bicyclic) bond motifs is 1. The van der Waals surface area contributed by atoms with Gasteiger partial charge in [-0.05, 0) is 35.4 Å². The number of hydrogen-bond donors (Lipinski definition) is 1. The van der Waals surface area contributed by atoms with Crippen LogP contribution in [0, 0.1) is 0 Å². The van der Waals surface area contributed by atoms with Gasteiger partial charge in [-0.15, -0.1) is 11.3 Å².